The van der Waals surface area contributed by atoms with Gasteiger partial charge in [0.05, 0.1) is 28.0 Å². The van der Waals surface area contributed by atoms with Crippen molar-refractivity contribution in [3.63, 3.8) is 0 Å². The second kappa shape index (κ2) is 7.55. The molecule has 0 fully saturated rings. The number of hydrogen-bond acceptors (Lipinski definition) is 4. The van der Waals surface area contributed by atoms with Gasteiger partial charge in [-0.2, -0.15) is 0 Å². The lowest BCUT2D eigenvalue weighted by molar-refractivity contribution is 0.0636. The van der Waals surface area contributed by atoms with Gasteiger partial charge >= 0.3 is 6.09 Å². The van der Waals surface area contributed by atoms with Crippen LogP contribution in [0.4, 0.5) is 19.3 Å². The quantitative estimate of drug-likeness (QED) is 0.562. The number of benzene rings is 1. The molecule has 0 unspecified atom stereocenters. The maximum atomic E-state index is 14.0. The molecule has 0 atom stereocenters. The van der Waals surface area contributed by atoms with Gasteiger partial charge in [-0.1, -0.05) is 29.3 Å². The van der Waals surface area contributed by atoms with Crippen molar-refractivity contribution >= 4 is 40.8 Å². The molecule has 1 aromatic heterocycles. The molecule has 1 heterocycles. The lowest BCUT2D eigenvalue weighted by Crippen LogP contribution is -2.28. The van der Waals surface area contributed by atoms with Gasteiger partial charge in [0, 0.05) is 0 Å². The first-order valence-corrected chi connectivity index (χ1v) is 8.09. The van der Waals surface area contributed by atoms with E-state index in [2.05, 4.69) is 10.3 Å². The number of carbonyl (C=O) groups is 2. The minimum Gasteiger partial charge on any atom is -0.444 e. The molecule has 0 saturated carbocycles. The summed E-state index contributed by atoms with van der Waals surface area (Å²) in [5.41, 5.74) is -2.23. The molecule has 0 bridgehead atoms. The number of anilines is 1. The Kier molecular flexibility index (Phi) is 5.83. The van der Waals surface area contributed by atoms with Crippen LogP contribution < -0.4 is 5.32 Å². The number of amides is 1. The number of nitrogens with one attached hydrogen (secondary N) is 1. The van der Waals surface area contributed by atoms with E-state index in [0.717, 1.165) is 24.4 Å². The average Bonchev–Trinajstić information content (AvgIpc) is 2.49. The summed E-state index contributed by atoms with van der Waals surface area (Å²) in [5.74, 6) is -3.26. The van der Waals surface area contributed by atoms with Crippen LogP contribution in [0.25, 0.3) is 0 Å². The van der Waals surface area contributed by atoms with Crippen molar-refractivity contribution in [1.82, 2.24) is 4.98 Å². The Morgan fingerprint density at radius 3 is 2.23 bits per heavy atom. The molecule has 2 rings (SSSR count). The van der Waals surface area contributed by atoms with Gasteiger partial charge in [0.1, 0.15) is 22.4 Å². The minimum absolute atomic E-state index is 0.193. The number of carbonyl (C=O) groups excluding carboxylic acids is 2. The van der Waals surface area contributed by atoms with Gasteiger partial charge in [-0.25, -0.2) is 18.6 Å². The largest absolute Gasteiger partial charge is 0.444 e. The minimum atomic E-state index is -1.10. The van der Waals surface area contributed by atoms with E-state index in [0.29, 0.717) is 0 Å². The summed E-state index contributed by atoms with van der Waals surface area (Å²) in [7, 11) is 0. The van der Waals surface area contributed by atoms with Crippen LogP contribution in [0.3, 0.4) is 0 Å². The molecular formula is C17H14Cl2F2N2O3. The van der Waals surface area contributed by atoms with Crippen LogP contribution in [0, 0.1) is 11.6 Å². The number of nitrogens with zero attached hydrogens (tertiary/aromatic N) is 1. The number of hydrogen-bond donors (Lipinski definition) is 1. The number of rotatable bonds is 3. The van der Waals surface area contributed by atoms with Crippen molar-refractivity contribution in [2.75, 3.05) is 5.32 Å². The van der Waals surface area contributed by atoms with Gasteiger partial charge in [0.15, 0.2) is 0 Å². The molecular weight excluding hydrogens is 389 g/mol. The summed E-state index contributed by atoms with van der Waals surface area (Å²) in [5, 5.41) is 1.68. The third kappa shape index (κ3) is 4.47. The Morgan fingerprint density at radius 1 is 1.12 bits per heavy atom. The molecule has 0 saturated heterocycles. The van der Waals surface area contributed by atoms with Crippen molar-refractivity contribution in [2.24, 2.45) is 0 Å². The van der Waals surface area contributed by atoms with E-state index in [4.69, 9.17) is 27.9 Å². The first-order chi connectivity index (χ1) is 12.0. The van der Waals surface area contributed by atoms with Crippen LogP contribution in [0.1, 0.15) is 36.7 Å². The lowest BCUT2D eigenvalue weighted by Gasteiger charge is -2.20. The molecule has 0 aliphatic carbocycles. The zero-order valence-electron chi connectivity index (χ0n) is 14.0. The predicted molar refractivity (Wildman–Crippen MR) is 93.9 cm³/mol. The molecule has 138 valence electrons. The highest BCUT2D eigenvalue weighted by Gasteiger charge is 2.27. The van der Waals surface area contributed by atoms with E-state index in [1.54, 1.807) is 20.8 Å². The monoisotopic (exact) mass is 402 g/mol. The molecule has 0 radical (unpaired) electrons. The second-order valence-electron chi connectivity index (χ2n) is 6.20. The van der Waals surface area contributed by atoms with Crippen molar-refractivity contribution < 1.29 is 23.1 Å². The number of aromatic nitrogens is 1. The number of pyridine rings is 1. The lowest BCUT2D eigenvalue weighted by atomic mass is 10.0. The average molecular weight is 403 g/mol. The number of ether oxygens (including phenoxy) is 1. The van der Waals surface area contributed by atoms with Gasteiger partial charge in [-0.15, -0.1) is 0 Å². The van der Waals surface area contributed by atoms with Crippen molar-refractivity contribution in [2.45, 2.75) is 26.4 Å². The topological polar surface area (TPSA) is 68.3 Å². The molecule has 0 aliphatic rings. The van der Waals surface area contributed by atoms with Gasteiger partial charge in [0.25, 0.3) is 0 Å². The molecule has 1 amide bonds. The normalized spacial score (nSPS) is 11.2. The van der Waals surface area contributed by atoms with Crippen LogP contribution in [0.5, 0.6) is 0 Å². The highest BCUT2D eigenvalue weighted by Crippen LogP contribution is 2.33. The molecule has 26 heavy (non-hydrogen) atoms. The molecule has 1 N–H and O–H groups in total. The maximum Gasteiger partial charge on any atom is 0.412 e. The fourth-order valence-electron chi connectivity index (χ4n) is 2.03. The van der Waals surface area contributed by atoms with Gasteiger partial charge in [-0.3, -0.25) is 10.1 Å². The first-order valence-electron chi connectivity index (χ1n) is 7.34. The standard InChI is InChI=1S/C17H14Cl2F2N2O3/c1-17(2,3)26-16(25)23-10-7-22-15(19)13(18)12(10)14(24)11-8(20)5-4-6-9(11)21/h4-7H,1-3H3,(H,23,25). The number of ketones is 1. The Morgan fingerprint density at radius 2 is 1.69 bits per heavy atom. The van der Waals surface area contributed by atoms with Crippen LogP contribution >= 0.6 is 23.2 Å². The van der Waals surface area contributed by atoms with E-state index in [-0.39, 0.29) is 15.9 Å². The van der Waals surface area contributed by atoms with E-state index >= 15 is 0 Å². The summed E-state index contributed by atoms with van der Waals surface area (Å²) < 4.78 is 33.0. The Bertz CT molecular complexity index is 863. The van der Waals surface area contributed by atoms with E-state index in [1.165, 1.54) is 0 Å². The molecule has 0 spiro atoms. The van der Waals surface area contributed by atoms with Crippen LogP contribution in [0.2, 0.25) is 10.2 Å². The molecule has 0 aliphatic heterocycles. The molecule has 9 heteroatoms. The molecule has 1 aromatic carbocycles. The van der Waals surface area contributed by atoms with Crippen LogP contribution in [-0.2, 0) is 4.74 Å². The van der Waals surface area contributed by atoms with Crippen LogP contribution in [0.15, 0.2) is 24.4 Å². The van der Waals surface area contributed by atoms with Crippen LogP contribution in [-0.4, -0.2) is 22.5 Å². The zero-order chi connectivity index (χ0) is 19.6. The Labute approximate surface area is 158 Å². The smallest absolute Gasteiger partial charge is 0.412 e. The summed E-state index contributed by atoms with van der Waals surface area (Å²) in [4.78, 5) is 28.4. The summed E-state index contributed by atoms with van der Waals surface area (Å²) in [6.45, 7) is 4.92. The van der Waals surface area contributed by atoms with Gasteiger partial charge < -0.3 is 4.74 Å². The fraction of sp³-hybridized carbons (Fsp3) is 0.235. The molecule has 5 nitrogen and oxygen atoms in total. The SMILES string of the molecule is CC(C)(C)OC(=O)Nc1cnc(Cl)c(Cl)c1C(=O)c1c(F)cccc1F. The van der Waals surface area contributed by atoms with E-state index in [9.17, 15) is 18.4 Å². The first kappa shape index (κ1) is 20.1. The Hall–Kier alpha value is -2.25. The summed E-state index contributed by atoms with van der Waals surface area (Å²) in [6, 6.07) is 2.96. The molecule has 2 aromatic rings. The van der Waals surface area contributed by atoms with Crippen molar-refractivity contribution in [3.05, 3.63) is 57.3 Å². The maximum absolute atomic E-state index is 14.0. The van der Waals surface area contributed by atoms with Gasteiger partial charge in [-0.05, 0) is 32.9 Å². The van der Waals surface area contributed by atoms with Gasteiger partial charge in [0.2, 0.25) is 5.78 Å². The third-order valence-electron chi connectivity index (χ3n) is 3.03. The highest BCUT2D eigenvalue weighted by molar-refractivity contribution is 6.44. The zero-order valence-corrected chi connectivity index (χ0v) is 15.5. The van der Waals surface area contributed by atoms with Crippen molar-refractivity contribution in [3.8, 4) is 0 Å². The third-order valence-corrected chi connectivity index (χ3v) is 3.78. The highest BCUT2D eigenvalue weighted by atomic mass is 35.5. The van der Waals surface area contributed by atoms with E-state index < -0.39 is 40.2 Å². The predicted octanol–water partition coefficient (Wildman–Crippen LogP) is 5.24. The Balaban J connectivity index is 2.52. The van der Waals surface area contributed by atoms with Crippen molar-refractivity contribution in [1.29, 1.82) is 0 Å². The summed E-state index contributed by atoms with van der Waals surface area (Å²) in [6.07, 6.45) is 0.144. The fourth-order valence-corrected chi connectivity index (χ4v) is 2.41. The number of halogens is 4. The second-order valence-corrected chi connectivity index (χ2v) is 6.94. The summed E-state index contributed by atoms with van der Waals surface area (Å²) >= 11 is 11.8. The van der Waals surface area contributed by atoms with E-state index in [1.807, 2.05) is 0 Å².